The van der Waals surface area contributed by atoms with Crippen LogP contribution in [0.1, 0.15) is 27.2 Å². The maximum atomic E-state index is 12.4. The summed E-state index contributed by atoms with van der Waals surface area (Å²) in [5.41, 5.74) is 6.42. The van der Waals surface area contributed by atoms with Crippen LogP contribution in [0.15, 0.2) is 60.8 Å². The van der Waals surface area contributed by atoms with Gasteiger partial charge < -0.3 is 10.6 Å². The van der Waals surface area contributed by atoms with E-state index >= 15 is 0 Å². The van der Waals surface area contributed by atoms with E-state index in [1.807, 2.05) is 63.2 Å². The second-order valence-electron chi connectivity index (χ2n) is 6.13. The van der Waals surface area contributed by atoms with Crippen molar-refractivity contribution in [2.24, 2.45) is 0 Å². The van der Waals surface area contributed by atoms with E-state index in [1.54, 1.807) is 12.3 Å². The summed E-state index contributed by atoms with van der Waals surface area (Å²) in [6.07, 6.45) is 1.67. The Morgan fingerprint density at radius 2 is 1.72 bits per heavy atom. The summed E-state index contributed by atoms with van der Waals surface area (Å²) in [6, 6.07) is 17.5. The summed E-state index contributed by atoms with van der Waals surface area (Å²) in [5, 5.41) is 6.21. The topological polar surface area (TPSA) is 54.0 Å². The third kappa shape index (κ3) is 4.04. The number of anilines is 3. The highest BCUT2D eigenvalue weighted by molar-refractivity contribution is 6.03. The number of rotatable bonds is 4. The molecular weight excluding hydrogens is 310 g/mol. The van der Waals surface area contributed by atoms with Crippen molar-refractivity contribution in [3.05, 3.63) is 83.2 Å². The molecule has 0 aliphatic heterocycles. The lowest BCUT2D eigenvalue weighted by Gasteiger charge is -2.11. The van der Waals surface area contributed by atoms with Gasteiger partial charge in [0.1, 0.15) is 5.69 Å². The van der Waals surface area contributed by atoms with E-state index in [9.17, 15) is 4.79 Å². The van der Waals surface area contributed by atoms with Crippen LogP contribution in [-0.2, 0) is 0 Å². The number of amides is 1. The van der Waals surface area contributed by atoms with Crippen molar-refractivity contribution < 1.29 is 4.79 Å². The molecule has 0 saturated carbocycles. The monoisotopic (exact) mass is 331 g/mol. The zero-order valence-corrected chi connectivity index (χ0v) is 14.6. The van der Waals surface area contributed by atoms with Crippen LogP contribution in [0.5, 0.6) is 0 Å². The van der Waals surface area contributed by atoms with Gasteiger partial charge in [0.25, 0.3) is 5.91 Å². The van der Waals surface area contributed by atoms with Crippen molar-refractivity contribution in [3.63, 3.8) is 0 Å². The lowest BCUT2D eigenvalue weighted by molar-refractivity contribution is 0.102. The average molecular weight is 331 g/mol. The number of hydrogen-bond acceptors (Lipinski definition) is 3. The molecule has 1 heterocycles. The van der Waals surface area contributed by atoms with Crippen LogP contribution >= 0.6 is 0 Å². The van der Waals surface area contributed by atoms with Crippen molar-refractivity contribution in [2.75, 3.05) is 10.6 Å². The molecule has 0 radical (unpaired) electrons. The standard InChI is InChI=1S/C21H21N3O/c1-14-6-4-8-17(12-14)23-18-10-11-20(22-13-18)21(25)24-19-9-5-7-15(2)16(19)3/h4-13,23H,1-3H3,(H,24,25). The molecule has 3 aromatic rings. The molecule has 0 aliphatic carbocycles. The molecule has 0 aliphatic rings. The predicted octanol–water partition coefficient (Wildman–Crippen LogP) is 5.00. The first-order valence-electron chi connectivity index (χ1n) is 8.20. The van der Waals surface area contributed by atoms with Crippen molar-refractivity contribution in [1.82, 2.24) is 4.98 Å². The Morgan fingerprint density at radius 3 is 2.44 bits per heavy atom. The van der Waals surface area contributed by atoms with Gasteiger partial charge in [-0.05, 0) is 67.8 Å². The van der Waals surface area contributed by atoms with Gasteiger partial charge in [-0.2, -0.15) is 0 Å². The quantitative estimate of drug-likeness (QED) is 0.707. The van der Waals surface area contributed by atoms with Gasteiger partial charge in [0.15, 0.2) is 0 Å². The summed E-state index contributed by atoms with van der Waals surface area (Å²) in [6.45, 7) is 6.06. The van der Waals surface area contributed by atoms with Crippen LogP contribution in [0.25, 0.3) is 0 Å². The zero-order chi connectivity index (χ0) is 17.8. The molecule has 0 spiro atoms. The Balaban J connectivity index is 1.71. The molecule has 1 aromatic heterocycles. The van der Waals surface area contributed by atoms with Crippen molar-refractivity contribution in [1.29, 1.82) is 0 Å². The van der Waals surface area contributed by atoms with Crippen LogP contribution in [-0.4, -0.2) is 10.9 Å². The molecule has 4 heteroatoms. The SMILES string of the molecule is Cc1cccc(Nc2ccc(C(=O)Nc3cccc(C)c3C)nc2)c1. The molecule has 2 aromatic carbocycles. The molecule has 0 atom stereocenters. The van der Waals surface area contributed by atoms with E-state index in [0.29, 0.717) is 5.69 Å². The van der Waals surface area contributed by atoms with Gasteiger partial charge in [0, 0.05) is 11.4 Å². The highest BCUT2D eigenvalue weighted by Gasteiger charge is 2.10. The van der Waals surface area contributed by atoms with E-state index in [4.69, 9.17) is 0 Å². The number of aryl methyl sites for hydroxylation is 2. The number of hydrogen-bond donors (Lipinski definition) is 2. The first-order chi connectivity index (χ1) is 12.0. The van der Waals surface area contributed by atoms with Gasteiger partial charge in [-0.1, -0.05) is 24.3 Å². The maximum absolute atomic E-state index is 12.4. The van der Waals surface area contributed by atoms with E-state index in [0.717, 1.165) is 28.2 Å². The van der Waals surface area contributed by atoms with Gasteiger partial charge in [-0.25, -0.2) is 4.98 Å². The first kappa shape index (κ1) is 16.7. The Bertz CT molecular complexity index is 901. The fourth-order valence-corrected chi connectivity index (χ4v) is 2.56. The van der Waals surface area contributed by atoms with Gasteiger partial charge in [0.2, 0.25) is 0 Å². The molecule has 0 fully saturated rings. The Morgan fingerprint density at radius 1 is 0.920 bits per heavy atom. The van der Waals surface area contributed by atoms with E-state index in [-0.39, 0.29) is 5.91 Å². The summed E-state index contributed by atoms with van der Waals surface area (Å²) < 4.78 is 0. The minimum absolute atomic E-state index is 0.212. The van der Waals surface area contributed by atoms with Crippen LogP contribution in [0, 0.1) is 20.8 Å². The summed E-state index contributed by atoms with van der Waals surface area (Å²) in [5.74, 6) is -0.212. The number of benzene rings is 2. The number of carbonyl (C=O) groups is 1. The number of pyridine rings is 1. The average Bonchev–Trinajstić information content (AvgIpc) is 2.59. The van der Waals surface area contributed by atoms with Gasteiger partial charge in [0.05, 0.1) is 11.9 Å². The summed E-state index contributed by atoms with van der Waals surface area (Å²) >= 11 is 0. The Kier molecular flexibility index (Phi) is 4.80. The molecule has 0 bridgehead atoms. The van der Waals surface area contributed by atoms with Crippen LogP contribution in [0.4, 0.5) is 17.1 Å². The van der Waals surface area contributed by atoms with Gasteiger partial charge in [-0.3, -0.25) is 4.79 Å². The number of nitrogens with one attached hydrogen (secondary N) is 2. The lowest BCUT2D eigenvalue weighted by Crippen LogP contribution is -2.14. The number of nitrogens with zero attached hydrogens (tertiary/aromatic N) is 1. The second-order valence-corrected chi connectivity index (χ2v) is 6.13. The molecule has 2 N–H and O–H groups in total. The van der Waals surface area contributed by atoms with Gasteiger partial charge >= 0.3 is 0 Å². The third-order valence-electron chi connectivity index (χ3n) is 4.16. The van der Waals surface area contributed by atoms with E-state index in [1.165, 1.54) is 5.56 Å². The fourth-order valence-electron chi connectivity index (χ4n) is 2.56. The molecule has 25 heavy (non-hydrogen) atoms. The Hall–Kier alpha value is -3.14. The molecular formula is C21H21N3O. The molecule has 1 amide bonds. The normalized spacial score (nSPS) is 10.4. The van der Waals surface area contributed by atoms with Gasteiger partial charge in [-0.15, -0.1) is 0 Å². The minimum atomic E-state index is -0.212. The minimum Gasteiger partial charge on any atom is -0.354 e. The molecule has 4 nitrogen and oxygen atoms in total. The Labute approximate surface area is 147 Å². The molecule has 3 rings (SSSR count). The third-order valence-corrected chi connectivity index (χ3v) is 4.16. The lowest BCUT2D eigenvalue weighted by atomic mass is 10.1. The number of carbonyl (C=O) groups excluding carboxylic acids is 1. The predicted molar refractivity (Wildman–Crippen MR) is 103 cm³/mol. The first-order valence-corrected chi connectivity index (χ1v) is 8.20. The van der Waals surface area contributed by atoms with Crippen LogP contribution in [0.2, 0.25) is 0 Å². The van der Waals surface area contributed by atoms with Crippen molar-refractivity contribution in [3.8, 4) is 0 Å². The highest BCUT2D eigenvalue weighted by atomic mass is 16.1. The van der Waals surface area contributed by atoms with E-state index in [2.05, 4.69) is 21.7 Å². The zero-order valence-electron chi connectivity index (χ0n) is 14.6. The van der Waals surface area contributed by atoms with Crippen LogP contribution in [0.3, 0.4) is 0 Å². The van der Waals surface area contributed by atoms with E-state index < -0.39 is 0 Å². The maximum Gasteiger partial charge on any atom is 0.274 e. The smallest absolute Gasteiger partial charge is 0.274 e. The molecule has 0 saturated heterocycles. The highest BCUT2D eigenvalue weighted by Crippen LogP contribution is 2.20. The second kappa shape index (κ2) is 7.18. The van der Waals surface area contributed by atoms with Crippen molar-refractivity contribution in [2.45, 2.75) is 20.8 Å². The number of aromatic nitrogens is 1. The summed E-state index contributed by atoms with van der Waals surface area (Å²) in [7, 11) is 0. The van der Waals surface area contributed by atoms with Crippen LogP contribution < -0.4 is 10.6 Å². The van der Waals surface area contributed by atoms with Crippen molar-refractivity contribution >= 4 is 23.0 Å². The fraction of sp³-hybridized carbons (Fsp3) is 0.143. The largest absolute Gasteiger partial charge is 0.354 e. The molecule has 0 unspecified atom stereocenters. The molecule has 126 valence electrons. The summed E-state index contributed by atoms with van der Waals surface area (Å²) in [4.78, 5) is 16.7.